The number of carbonyl (C=O) groups excluding carboxylic acids is 1. The van der Waals surface area contributed by atoms with E-state index in [1.807, 2.05) is 0 Å². The van der Waals surface area contributed by atoms with Crippen molar-refractivity contribution in [3.8, 4) is 0 Å². The lowest BCUT2D eigenvalue weighted by atomic mass is 10.1. The van der Waals surface area contributed by atoms with E-state index in [1.54, 1.807) is 0 Å². The number of hydrogen-bond donors (Lipinski definition) is 2. The third-order valence-corrected chi connectivity index (χ3v) is 1.82. The molecule has 5 nitrogen and oxygen atoms in total. The van der Waals surface area contributed by atoms with Gasteiger partial charge in [0.15, 0.2) is 0 Å². The fourth-order valence-corrected chi connectivity index (χ4v) is 0.778. The van der Waals surface area contributed by atoms with Crippen LogP contribution in [0.2, 0.25) is 0 Å². The largest absolute Gasteiger partial charge is 0.478 e. The number of aliphatic carboxylic acids is 1. The predicted molar refractivity (Wildman–Crippen MR) is 57.8 cm³/mol. The van der Waals surface area contributed by atoms with Crippen molar-refractivity contribution >= 4 is 11.9 Å². The average Bonchev–Trinajstić information content (AvgIpc) is 2.25. The molecule has 0 unspecified atom stereocenters. The van der Waals surface area contributed by atoms with Crippen LogP contribution in [0.15, 0.2) is 23.8 Å². The van der Waals surface area contributed by atoms with Crippen LogP contribution in [-0.4, -0.2) is 35.4 Å². The van der Waals surface area contributed by atoms with Crippen molar-refractivity contribution in [2.45, 2.75) is 19.8 Å². The number of carbonyl (C=O) groups is 2. The summed E-state index contributed by atoms with van der Waals surface area (Å²) in [6.45, 7) is 5.02. The Bertz CT molecular complexity index is 303. The number of aliphatic hydroxyl groups is 1. The third-order valence-electron chi connectivity index (χ3n) is 1.82. The zero-order chi connectivity index (χ0) is 12.6. The van der Waals surface area contributed by atoms with Crippen LogP contribution in [0.4, 0.5) is 0 Å². The number of carboxylic acids is 1. The molecule has 0 saturated carbocycles. The fourth-order valence-electron chi connectivity index (χ4n) is 0.778. The Hall–Kier alpha value is -1.62. The highest BCUT2D eigenvalue weighted by Gasteiger charge is 2.07. The van der Waals surface area contributed by atoms with Crippen LogP contribution in [0.3, 0.4) is 0 Å². The predicted octanol–water partition coefficient (Wildman–Crippen LogP) is 0.889. The van der Waals surface area contributed by atoms with Gasteiger partial charge in [-0.25, -0.2) is 9.59 Å². The Balaban J connectivity index is 4.02. The van der Waals surface area contributed by atoms with Gasteiger partial charge in [-0.2, -0.15) is 0 Å². The first-order valence-electron chi connectivity index (χ1n) is 4.84. The van der Waals surface area contributed by atoms with Gasteiger partial charge in [0, 0.05) is 24.2 Å². The van der Waals surface area contributed by atoms with Crippen LogP contribution in [0, 0.1) is 0 Å². The molecule has 0 aliphatic carbocycles. The molecule has 0 aromatic carbocycles. The van der Waals surface area contributed by atoms with Crippen molar-refractivity contribution in [3.05, 3.63) is 23.8 Å². The second kappa shape index (κ2) is 7.64. The van der Waals surface area contributed by atoms with Crippen LogP contribution in [0.25, 0.3) is 0 Å². The smallest absolute Gasteiger partial charge is 0.333 e. The Morgan fingerprint density at radius 3 is 2.56 bits per heavy atom. The number of hydrogen-bond acceptors (Lipinski definition) is 4. The summed E-state index contributed by atoms with van der Waals surface area (Å²) in [4.78, 5) is 21.7. The van der Waals surface area contributed by atoms with Gasteiger partial charge in [-0.1, -0.05) is 12.7 Å². The van der Waals surface area contributed by atoms with E-state index in [2.05, 4.69) is 6.58 Å². The highest BCUT2D eigenvalue weighted by Crippen LogP contribution is 2.05. The molecule has 0 amide bonds. The lowest BCUT2D eigenvalue weighted by Crippen LogP contribution is -2.09. The minimum Gasteiger partial charge on any atom is -0.478 e. The van der Waals surface area contributed by atoms with E-state index in [0.717, 1.165) is 0 Å². The summed E-state index contributed by atoms with van der Waals surface area (Å²) in [5.74, 6) is -1.59. The molecular weight excluding hydrogens is 212 g/mol. The molecular formula is C11H16O5. The van der Waals surface area contributed by atoms with E-state index in [0.29, 0.717) is 6.42 Å². The lowest BCUT2D eigenvalue weighted by Gasteiger charge is -2.04. The fraction of sp³-hybridized carbons (Fsp3) is 0.455. The van der Waals surface area contributed by atoms with Gasteiger partial charge < -0.3 is 14.9 Å². The summed E-state index contributed by atoms with van der Waals surface area (Å²) in [7, 11) is 0. The molecule has 16 heavy (non-hydrogen) atoms. The first-order valence-corrected chi connectivity index (χ1v) is 4.84. The maximum atomic E-state index is 11.2. The average molecular weight is 228 g/mol. The quantitative estimate of drug-likeness (QED) is 0.384. The number of rotatable bonds is 7. The van der Waals surface area contributed by atoms with Gasteiger partial charge >= 0.3 is 11.9 Å². The van der Waals surface area contributed by atoms with E-state index in [1.165, 1.54) is 13.0 Å². The molecule has 0 radical (unpaired) electrons. The van der Waals surface area contributed by atoms with E-state index >= 15 is 0 Å². The standard InChI is InChI=1S/C11H16O5/c1-8(10(13)14)4-5-9(2)11(15)16-7-3-6-12/h4,12H,2-3,5-7H2,1H3,(H,13,14). The molecule has 0 aliphatic heterocycles. The number of allylic oxidation sites excluding steroid dienone is 1. The number of aliphatic hydroxyl groups excluding tert-OH is 1. The van der Waals surface area contributed by atoms with Gasteiger partial charge in [-0.15, -0.1) is 0 Å². The van der Waals surface area contributed by atoms with Crippen molar-refractivity contribution in [1.82, 2.24) is 0 Å². The van der Waals surface area contributed by atoms with E-state index in [4.69, 9.17) is 14.9 Å². The van der Waals surface area contributed by atoms with Gasteiger partial charge in [-0.05, 0) is 13.3 Å². The van der Waals surface area contributed by atoms with Crippen molar-refractivity contribution in [3.63, 3.8) is 0 Å². The summed E-state index contributed by atoms with van der Waals surface area (Å²) < 4.78 is 4.76. The number of ether oxygens (including phenoxy) is 1. The minimum absolute atomic E-state index is 0.0439. The van der Waals surface area contributed by atoms with Crippen LogP contribution in [0.1, 0.15) is 19.8 Å². The van der Waals surface area contributed by atoms with E-state index in [-0.39, 0.29) is 30.8 Å². The highest BCUT2D eigenvalue weighted by molar-refractivity contribution is 5.89. The maximum Gasteiger partial charge on any atom is 0.333 e. The normalized spacial score (nSPS) is 11.0. The Labute approximate surface area is 94.0 Å². The van der Waals surface area contributed by atoms with Gasteiger partial charge in [-0.3, -0.25) is 0 Å². The van der Waals surface area contributed by atoms with Gasteiger partial charge in [0.05, 0.1) is 6.61 Å². The van der Waals surface area contributed by atoms with Gasteiger partial charge in [0.25, 0.3) is 0 Å². The van der Waals surface area contributed by atoms with Crippen molar-refractivity contribution < 1.29 is 24.5 Å². The molecule has 0 aliphatic rings. The van der Waals surface area contributed by atoms with Gasteiger partial charge in [0.2, 0.25) is 0 Å². The van der Waals surface area contributed by atoms with Gasteiger partial charge in [0.1, 0.15) is 0 Å². The third kappa shape index (κ3) is 5.98. The maximum absolute atomic E-state index is 11.2. The molecule has 2 N–H and O–H groups in total. The summed E-state index contributed by atoms with van der Waals surface area (Å²) in [6.07, 6.45) is 1.93. The molecule has 5 heteroatoms. The summed E-state index contributed by atoms with van der Waals surface area (Å²) in [5, 5.41) is 17.0. The van der Waals surface area contributed by atoms with Crippen LogP contribution >= 0.6 is 0 Å². The molecule has 0 bridgehead atoms. The SMILES string of the molecule is C=C(CC=C(C)C(=O)O)C(=O)OCCCO. The van der Waals surface area contributed by atoms with Crippen molar-refractivity contribution in [1.29, 1.82) is 0 Å². The summed E-state index contributed by atoms with van der Waals surface area (Å²) in [5.41, 5.74) is 0.350. The molecule has 0 heterocycles. The molecule has 0 saturated heterocycles. The second-order valence-corrected chi connectivity index (χ2v) is 3.21. The molecule has 0 aromatic rings. The lowest BCUT2D eigenvalue weighted by molar-refractivity contribution is -0.139. The summed E-state index contributed by atoms with van der Waals surface area (Å²) >= 11 is 0. The van der Waals surface area contributed by atoms with Crippen LogP contribution in [-0.2, 0) is 14.3 Å². The highest BCUT2D eigenvalue weighted by atomic mass is 16.5. The van der Waals surface area contributed by atoms with Crippen molar-refractivity contribution in [2.24, 2.45) is 0 Å². The van der Waals surface area contributed by atoms with Crippen LogP contribution in [0.5, 0.6) is 0 Å². The zero-order valence-corrected chi connectivity index (χ0v) is 9.23. The molecule has 90 valence electrons. The van der Waals surface area contributed by atoms with E-state index in [9.17, 15) is 9.59 Å². The summed E-state index contributed by atoms with van der Waals surface area (Å²) in [6, 6.07) is 0. The van der Waals surface area contributed by atoms with Crippen LogP contribution < -0.4 is 0 Å². The second-order valence-electron chi connectivity index (χ2n) is 3.21. The molecule has 0 fully saturated rings. The first-order chi connectivity index (χ1) is 7.49. The Morgan fingerprint density at radius 2 is 2.06 bits per heavy atom. The Kier molecular flexibility index (Phi) is 6.87. The zero-order valence-electron chi connectivity index (χ0n) is 9.23. The monoisotopic (exact) mass is 228 g/mol. The molecule has 0 aromatic heterocycles. The molecule has 0 spiro atoms. The Morgan fingerprint density at radius 1 is 1.44 bits per heavy atom. The topological polar surface area (TPSA) is 83.8 Å². The number of carboxylic acid groups (broad SMARTS) is 1. The van der Waals surface area contributed by atoms with E-state index < -0.39 is 11.9 Å². The first kappa shape index (κ1) is 14.4. The molecule has 0 atom stereocenters. The van der Waals surface area contributed by atoms with Crippen molar-refractivity contribution in [2.75, 3.05) is 13.2 Å². The number of esters is 1. The molecule has 0 rings (SSSR count). The minimum atomic E-state index is -1.03.